The Morgan fingerprint density at radius 3 is 3.25 bits per heavy atom. The number of hydrogen-bond acceptors (Lipinski definition) is 7. The van der Waals surface area contributed by atoms with Crippen molar-refractivity contribution in [3.8, 4) is 0 Å². The number of rotatable bonds is 3. The molecule has 1 unspecified atom stereocenters. The van der Waals surface area contributed by atoms with E-state index in [2.05, 4.69) is 25.3 Å². The number of fused-ring (bicyclic) bond motifs is 1. The van der Waals surface area contributed by atoms with Crippen molar-refractivity contribution in [1.29, 1.82) is 0 Å². The summed E-state index contributed by atoms with van der Waals surface area (Å²) < 4.78 is 5.14. The molecule has 0 aromatic carbocycles. The number of nitrogens with zero attached hydrogens (tertiary/aromatic N) is 4. The SMILES string of the molecule is CCOC(=O)C1CNCCN1c1ncnc2nc[nH]c12. The lowest BCUT2D eigenvalue weighted by atomic mass is 10.2. The minimum absolute atomic E-state index is 0.244. The summed E-state index contributed by atoms with van der Waals surface area (Å²) in [5.41, 5.74) is 1.33. The van der Waals surface area contributed by atoms with Crippen molar-refractivity contribution in [3.05, 3.63) is 12.7 Å². The fraction of sp³-hybridized carbons (Fsp3) is 0.500. The Morgan fingerprint density at radius 2 is 2.40 bits per heavy atom. The van der Waals surface area contributed by atoms with E-state index >= 15 is 0 Å². The van der Waals surface area contributed by atoms with Crippen LogP contribution >= 0.6 is 0 Å². The Hall–Kier alpha value is -2.22. The van der Waals surface area contributed by atoms with Crippen LogP contribution in [0.2, 0.25) is 0 Å². The highest BCUT2D eigenvalue weighted by atomic mass is 16.5. The van der Waals surface area contributed by atoms with Crippen molar-refractivity contribution in [3.63, 3.8) is 0 Å². The topological polar surface area (TPSA) is 96.0 Å². The van der Waals surface area contributed by atoms with Gasteiger partial charge >= 0.3 is 5.97 Å². The molecule has 0 radical (unpaired) electrons. The molecule has 1 aliphatic heterocycles. The Morgan fingerprint density at radius 1 is 1.50 bits per heavy atom. The quantitative estimate of drug-likeness (QED) is 0.742. The Balaban J connectivity index is 1.97. The molecule has 0 bridgehead atoms. The molecule has 1 aliphatic rings. The molecule has 0 saturated carbocycles. The van der Waals surface area contributed by atoms with Gasteiger partial charge in [0.25, 0.3) is 0 Å². The lowest BCUT2D eigenvalue weighted by Gasteiger charge is -2.35. The molecule has 2 N–H and O–H groups in total. The first kappa shape index (κ1) is 12.8. The van der Waals surface area contributed by atoms with Crippen LogP contribution in [0.4, 0.5) is 5.82 Å². The molecule has 106 valence electrons. The lowest BCUT2D eigenvalue weighted by Crippen LogP contribution is -2.56. The highest BCUT2D eigenvalue weighted by Gasteiger charge is 2.32. The van der Waals surface area contributed by atoms with Gasteiger partial charge in [0.2, 0.25) is 0 Å². The van der Waals surface area contributed by atoms with Gasteiger partial charge in [-0.3, -0.25) is 0 Å². The normalized spacial score (nSPS) is 19.2. The first-order chi connectivity index (χ1) is 9.81. The summed E-state index contributed by atoms with van der Waals surface area (Å²) in [6, 6.07) is -0.384. The van der Waals surface area contributed by atoms with Gasteiger partial charge in [0.1, 0.15) is 17.9 Å². The standard InChI is InChI=1S/C12H16N6O2/c1-2-20-12(19)8-5-13-3-4-18(8)11-9-10(15-6-14-9)16-7-17-11/h6-8,13H,2-5H2,1H3,(H,14,15,16,17). The fourth-order valence-electron chi connectivity index (χ4n) is 2.38. The molecular formula is C12H16N6O2. The van der Waals surface area contributed by atoms with Crippen LogP contribution in [-0.4, -0.2) is 58.2 Å². The van der Waals surface area contributed by atoms with Crippen molar-refractivity contribution in [1.82, 2.24) is 25.3 Å². The van der Waals surface area contributed by atoms with Gasteiger partial charge in [-0.25, -0.2) is 19.7 Å². The van der Waals surface area contributed by atoms with Crippen molar-refractivity contribution in [2.24, 2.45) is 0 Å². The number of aromatic amines is 1. The number of carbonyl (C=O) groups excluding carboxylic acids is 1. The molecule has 0 aliphatic carbocycles. The second-order valence-electron chi connectivity index (χ2n) is 4.46. The number of carbonyl (C=O) groups is 1. The summed E-state index contributed by atoms with van der Waals surface area (Å²) in [5, 5.41) is 3.20. The van der Waals surface area contributed by atoms with Gasteiger partial charge in [0, 0.05) is 19.6 Å². The third-order valence-electron chi connectivity index (χ3n) is 3.28. The fourth-order valence-corrected chi connectivity index (χ4v) is 2.38. The van der Waals surface area contributed by atoms with Gasteiger partial charge in [0.15, 0.2) is 11.5 Å². The summed E-state index contributed by atoms with van der Waals surface area (Å²) in [6.07, 6.45) is 3.03. The average Bonchev–Trinajstić information content (AvgIpc) is 2.96. The Labute approximate surface area is 115 Å². The molecule has 3 rings (SSSR count). The zero-order valence-electron chi connectivity index (χ0n) is 11.2. The van der Waals surface area contributed by atoms with E-state index in [0.29, 0.717) is 31.2 Å². The van der Waals surface area contributed by atoms with Crippen LogP contribution in [0.5, 0.6) is 0 Å². The average molecular weight is 276 g/mol. The van der Waals surface area contributed by atoms with Gasteiger partial charge in [-0.05, 0) is 6.92 Å². The third kappa shape index (κ3) is 2.18. The van der Waals surface area contributed by atoms with Gasteiger partial charge in [-0.1, -0.05) is 0 Å². The van der Waals surface area contributed by atoms with Crippen LogP contribution in [0.15, 0.2) is 12.7 Å². The number of aromatic nitrogens is 4. The van der Waals surface area contributed by atoms with Crippen LogP contribution < -0.4 is 10.2 Å². The van der Waals surface area contributed by atoms with E-state index in [1.807, 2.05) is 4.90 Å². The number of H-pyrrole nitrogens is 1. The molecule has 8 nitrogen and oxygen atoms in total. The van der Waals surface area contributed by atoms with Gasteiger partial charge < -0.3 is 19.9 Å². The number of anilines is 1. The molecule has 2 aromatic rings. The first-order valence-corrected chi connectivity index (χ1v) is 6.59. The van der Waals surface area contributed by atoms with Crippen molar-refractivity contribution < 1.29 is 9.53 Å². The molecule has 2 aromatic heterocycles. The summed E-state index contributed by atoms with van der Waals surface area (Å²) >= 11 is 0. The Kier molecular flexibility index (Phi) is 3.46. The van der Waals surface area contributed by atoms with E-state index in [9.17, 15) is 4.79 Å². The largest absolute Gasteiger partial charge is 0.464 e. The molecular weight excluding hydrogens is 260 g/mol. The maximum atomic E-state index is 12.1. The first-order valence-electron chi connectivity index (χ1n) is 6.59. The predicted octanol–water partition coefficient (Wildman–Crippen LogP) is -0.306. The molecule has 8 heteroatoms. The number of esters is 1. The van der Waals surface area contributed by atoms with E-state index in [1.54, 1.807) is 13.3 Å². The predicted molar refractivity (Wildman–Crippen MR) is 72.3 cm³/mol. The van der Waals surface area contributed by atoms with E-state index < -0.39 is 0 Å². The van der Waals surface area contributed by atoms with E-state index in [4.69, 9.17) is 4.74 Å². The highest BCUT2D eigenvalue weighted by Crippen LogP contribution is 2.22. The third-order valence-corrected chi connectivity index (χ3v) is 3.28. The number of ether oxygens (including phenoxy) is 1. The van der Waals surface area contributed by atoms with Crippen molar-refractivity contribution in [2.45, 2.75) is 13.0 Å². The molecule has 3 heterocycles. The summed E-state index contributed by atoms with van der Waals surface area (Å²) in [7, 11) is 0. The molecule has 0 spiro atoms. The minimum Gasteiger partial charge on any atom is -0.464 e. The zero-order chi connectivity index (χ0) is 13.9. The number of nitrogens with one attached hydrogen (secondary N) is 2. The van der Waals surface area contributed by atoms with E-state index in [0.717, 1.165) is 12.1 Å². The minimum atomic E-state index is -0.384. The summed E-state index contributed by atoms with van der Waals surface area (Å²) in [5.74, 6) is 0.443. The van der Waals surface area contributed by atoms with Crippen LogP contribution in [-0.2, 0) is 9.53 Å². The molecule has 1 fully saturated rings. The van der Waals surface area contributed by atoms with Crippen molar-refractivity contribution in [2.75, 3.05) is 31.1 Å². The van der Waals surface area contributed by atoms with Crippen LogP contribution in [0, 0.1) is 0 Å². The molecule has 20 heavy (non-hydrogen) atoms. The van der Waals surface area contributed by atoms with Gasteiger partial charge in [-0.2, -0.15) is 0 Å². The maximum absolute atomic E-state index is 12.1. The second kappa shape index (κ2) is 5.41. The molecule has 0 amide bonds. The monoisotopic (exact) mass is 276 g/mol. The molecule has 1 saturated heterocycles. The molecule has 1 atom stereocenters. The van der Waals surface area contributed by atoms with Crippen molar-refractivity contribution >= 4 is 23.0 Å². The zero-order valence-corrected chi connectivity index (χ0v) is 11.2. The van der Waals surface area contributed by atoms with Crippen LogP contribution in [0.3, 0.4) is 0 Å². The van der Waals surface area contributed by atoms with E-state index in [-0.39, 0.29) is 12.0 Å². The van der Waals surface area contributed by atoms with E-state index in [1.165, 1.54) is 6.33 Å². The van der Waals surface area contributed by atoms with Crippen LogP contribution in [0.1, 0.15) is 6.92 Å². The summed E-state index contributed by atoms with van der Waals surface area (Å²) in [4.78, 5) is 29.6. The van der Waals surface area contributed by atoms with Crippen LogP contribution in [0.25, 0.3) is 11.2 Å². The lowest BCUT2D eigenvalue weighted by molar-refractivity contribution is -0.144. The number of imidazole rings is 1. The maximum Gasteiger partial charge on any atom is 0.330 e. The second-order valence-corrected chi connectivity index (χ2v) is 4.46. The number of hydrogen-bond donors (Lipinski definition) is 2. The summed E-state index contributed by atoms with van der Waals surface area (Å²) in [6.45, 7) is 4.17. The Bertz CT molecular complexity index is 613. The number of piperazine rings is 1. The smallest absolute Gasteiger partial charge is 0.330 e. The highest BCUT2D eigenvalue weighted by molar-refractivity contribution is 5.87. The van der Waals surface area contributed by atoms with Gasteiger partial charge in [0.05, 0.1) is 12.9 Å². The van der Waals surface area contributed by atoms with Gasteiger partial charge in [-0.15, -0.1) is 0 Å².